The van der Waals surface area contributed by atoms with Crippen molar-refractivity contribution in [2.75, 3.05) is 13.2 Å². The third-order valence-corrected chi connectivity index (χ3v) is 3.08. The lowest BCUT2D eigenvalue weighted by Crippen LogP contribution is -2.03. The highest BCUT2D eigenvalue weighted by Gasteiger charge is 2.32. The molecule has 4 heteroatoms. The number of ether oxygens (including phenoxy) is 2. The van der Waals surface area contributed by atoms with Crippen molar-refractivity contribution >= 4 is 5.97 Å². The molecule has 2 heterocycles. The van der Waals surface area contributed by atoms with Crippen molar-refractivity contribution in [2.24, 2.45) is 0 Å². The molecule has 2 aliphatic heterocycles. The van der Waals surface area contributed by atoms with Crippen molar-refractivity contribution in [2.45, 2.75) is 19.1 Å². The van der Waals surface area contributed by atoms with Crippen LogP contribution in [-0.4, -0.2) is 24.3 Å². The first-order chi connectivity index (χ1) is 7.81. The van der Waals surface area contributed by atoms with Crippen molar-refractivity contribution < 1.29 is 19.4 Å². The minimum Gasteiger partial charge on any atom is -0.457 e. The van der Waals surface area contributed by atoms with E-state index >= 15 is 0 Å². The summed E-state index contributed by atoms with van der Waals surface area (Å²) < 4.78 is 10.3. The smallest absolute Gasteiger partial charge is 0.338 e. The Morgan fingerprint density at radius 2 is 2.25 bits per heavy atom. The van der Waals surface area contributed by atoms with E-state index in [0.29, 0.717) is 18.6 Å². The molecule has 1 aromatic carbocycles. The van der Waals surface area contributed by atoms with Gasteiger partial charge in [0.1, 0.15) is 12.7 Å². The van der Waals surface area contributed by atoms with Gasteiger partial charge in [-0.05, 0) is 23.6 Å². The average Bonchev–Trinajstić information content (AvgIpc) is 3.05. The van der Waals surface area contributed by atoms with Crippen LogP contribution in [0.4, 0.5) is 0 Å². The maximum absolute atomic E-state index is 11.4. The first kappa shape index (κ1) is 9.81. The number of fused-ring (bicyclic) bond motifs is 1. The molecule has 0 unspecified atom stereocenters. The molecule has 0 aromatic heterocycles. The molecule has 0 amide bonds. The molecular weight excluding hydrogens is 208 g/mol. The predicted octanol–water partition coefficient (Wildman–Crippen LogP) is 0.963. The topological polar surface area (TPSA) is 59.1 Å². The van der Waals surface area contributed by atoms with Gasteiger partial charge in [-0.2, -0.15) is 0 Å². The van der Waals surface area contributed by atoms with E-state index in [-0.39, 0.29) is 18.7 Å². The van der Waals surface area contributed by atoms with E-state index in [9.17, 15) is 4.79 Å². The van der Waals surface area contributed by atoms with Crippen molar-refractivity contribution in [1.82, 2.24) is 0 Å². The zero-order chi connectivity index (χ0) is 11.1. The minimum atomic E-state index is -0.266. The molecule has 0 radical (unpaired) electrons. The summed E-state index contributed by atoms with van der Waals surface area (Å²) >= 11 is 0. The number of aliphatic hydroxyl groups excluding tert-OH is 1. The van der Waals surface area contributed by atoms with Gasteiger partial charge >= 0.3 is 5.97 Å². The second-order valence-electron chi connectivity index (χ2n) is 4.03. The third-order valence-electron chi connectivity index (χ3n) is 3.08. The van der Waals surface area contributed by atoms with Crippen molar-refractivity contribution in [1.29, 1.82) is 0 Å². The van der Waals surface area contributed by atoms with Crippen LogP contribution in [0.2, 0.25) is 0 Å². The SMILES string of the molecule is O=C1OCc2c1ccc([C@H]1CO1)c2CCO. The van der Waals surface area contributed by atoms with Crippen molar-refractivity contribution in [3.05, 3.63) is 34.4 Å². The molecule has 1 fully saturated rings. The highest BCUT2D eigenvalue weighted by Crippen LogP contribution is 2.36. The van der Waals surface area contributed by atoms with Crippen LogP contribution in [0.3, 0.4) is 0 Å². The Bertz CT molecular complexity index is 449. The Labute approximate surface area is 92.8 Å². The fourth-order valence-electron chi connectivity index (χ4n) is 2.22. The average molecular weight is 220 g/mol. The fourth-order valence-corrected chi connectivity index (χ4v) is 2.22. The molecule has 1 aromatic rings. The summed E-state index contributed by atoms with van der Waals surface area (Å²) in [5, 5.41) is 9.08. The molecule has 0 saturated carbocycles. The maximum Gasteiger partial charge on any atom is 0.338 e. The fraction of sp³-hybridized carbons (Fsp3) is 0.417. The van der Waals surface area contributed by atoms with Gasteiger partial charge in [-0.15, -0.1) is 0 Å². The molecule has 2 aliphatic rings. The summed E-state index contributed by atoms with van der Waals surface area (Å²) in [6.07, 6.45) is 0.692. The Hall–Kier alpha value is -1.39. The van der Waals surface area contributed by atoms with Gasteiger partial charge in [0.15, 0.2) is 0 Å². The molecule has 0 spiro atoms. The monoisotopic (exact) mass is 220 g/mol. The number of carbonyl (C=O) groups excluding carboxylic acids is 1. The largest absolute Gasteiger partial charge is 0.457 e. The number of hydrogen-bond donors (Lipinski definition) is 1. The van der Waals surface area contributed by atoms with Gasteiger partial charge in [0.2, 0.25) is 0 Å². The van der Waals surface area contributed by atoms with Crippen LogP contribution in [0.5, 0.6) is 0 Å². The van der Waals surface area contributed by atoms with E-state index in [1.807, 2.05) is 6.07 Å². The molecule has 1 N–H and O–H groups in total. The Morgan fingerprint density at radius 3 is 2.94 bits per heavy atom. The van der Waals surface area contributed by atoms with Gasteiger partial charge in [-0.25, -0.2) is 4.79 Å². The third kappa shape index (κ3) is 1.42. The van der Waals surface area contributed by atoms with Gasteiger partial charge in [-0.1, -0.05) is 6.07 Å². The predicted molar refractivity (Wildman–Crippen MR) is 55.0 cm³/mol. The summed E-state index contributed by atoms with van der Waals surface area (Å²) in [6, 6.07) is 3.70. The number of cyclic esters (lactones) is 1. The summed E-state index contributed by atoms with van der Waals surface area (Å²) in [6.45, 7) is 1.13. The lowest BCUT2D eigenvalue weighted by molar-refractivity contribution is 0.0534. The van der Waals surface area contributed by atoms with E-state index in [1.54, 1.807) is 6.07 Å². The first-order valence-corrected chi connectivity index (χ1v) is 5.35. The van der Waals surface area contributed by atoms with Crippen LogP contribution in [0.25, 0.3) is 0 Å². The van der Waals surface area contributed by atoms with Crippen molar-refractivity contribution in [3.8, 4) is 0 Å². The number of esters is 1. The molecule has 16 heavy (non-hydrogen) atoms. The van der Waals surface area contributed by atoms with Crippen LogP contribution >= 0.6 is 0 Å². The normalized spacial score (nSPS) is 21.8. The van der Waals surface area contributed by atoms with Crippen LogP contribution < -0.4 is 0 Å². The van der Waals surface area contributed by atoms with Gasteiger partial charge in [0.05, 0.1) is 12.2 Å². The number of hydrogen-bond acceptors (Lipinski definition) is 4. The summed E-state index contributed by atoms with van der Waals surface area (Å²) in [7, 11) is 0. The molecule has 3 rings (SSSR count). The number of benzene rings is 1. The van der Waals surface area contributed by atoms with Gasteiger partial charge in [0, 0.05) is 12.2 Å². The maximum atomic E-state index is 11.4. The van der Waals surface area contributed by atoms with Gasteiger partial charge in [0.25, 0.3) is 0 Å². The minimum absolute atomic E-state index is 0.0738. The second kappa shape index (κ2) is 3.57. The molecule has 0 bridgehead atoms. The zero-order valence-electron chi connectivity index (χ0n) is 8.73. The molecule has 4 nitrogen and oxygen atoms in total. The highest BCUT2D eigenvalue weighted by atomic mass is 16.6. The van der Waals surface area contributed by atoms with Crippen LogP contribution in [0, 0.1) is 0 Å². The number of aliphatic hydroxyl groups is 1. The molecular formula is C12H12O4. The zero-order valence-corrected chi connectivity index (χ0v) is 8.73. The Kier molecular flexibility index (Phi) is 2.19. The van der Waals surface area contributed by atoms with Crippen molar-refractivity contribution in [3.63, 3.8) is 0 Å². The lowest BCUT2D eigenvalue weighted by atomic mass is 9.94. The standard InChI is InChI=1S/C12H12O4/c13-4-3-7-8(11-6-15-11)1-2-9-10(7)5-16-12(9)14/h1-2,11,13H,3-6H2/t11-/m1/s1. The number of carbonyl (C=O) groups is 1. The molecule has 0 aliphatic carbocycles. The number of epoxide rings is 1. The van der Waals surface area contributed by atoms with E-state index in [4.69, 9.17) is 14.6 Å². The van der Waals surface area contributed by atoms with Crippen LogP contribution in [-0.2, 0) is 22.5 Å². The lowest BCUT2D eigenvalue weighted by Gasteiger charge is -2.09. The van der Waals surface area contributed by atoms with Crippen LogP contribution in [0.1, 0.15) is 33.2 Å². The van der Waals surface area contributed by atoms with Gasteiger partial charge in [-0.3, -0.25) is 0 Å². The second-order valence-corrected chi connectivity index (χ2v) is 4.03. The summed E-state index contributed by atoms with van der Waals surface area (Å²) in [4.78, 5) is 11.4. The van der Waals surface area contributed by atoms with E-state index in [1.165, 1.54) is 0 Å². The Balaban J connectivity index is 2.11. The summed E-state index contributed by atoms with van der Waals surface area (Å²) in [5.74, 6) is -0.266. The van der Waals surface area contributed by atoms with E-state index in [2.05, 4.69) is 0 Å². The Morgan fingerprint density at radius 1 is 1.44 bits per heavy atom. The quantitative estimate of drug-likeness (QED) is 0.609. The van der Waals surface area contributed by atoms with E-state index in [0.717, 1.165) is 23.3 Å². The number of rotatable bonds is 3. The first-order valence-electron chi connectivity index (χ1n) is 5.35. The molecule has 84 valence electrons. The van der Waals surface area contributed by atoms with Crippen LogP contribution in [0.15, 0.2) is 12.1 Å². The molecule has 1 saturated heterocycles. The van der Waals surface area contributed by atoms with Gasteiger partial charge < -0.3 is 14.6 Å². The summed E-state index contributed by atoms with van der Waals surface area (Å²) in [5.41, 5.74) is 3.67. The highest BCUT2D eigenvalue weighted by molar-refractivity contribution is 5.94. The van der Waals surface area contributed by atoms with E-state index < -0.39 is 0 Å². The molecule has 1 atom stereocenters.